The van der Waals surface area contributed by atoms with Crippen LogP contribution in [0.4, 0.5) is 4.79 Å². The molecule has 0 heterocycles. The average Bonchev–Trinajstić information content (AvgIpc) is 1.91. The number of amides is 1. The lowest BCUT2D eigenvalue weighted by Crippen LogP contribution is -2.37. The van der Waals surface area contributed by atoms with Crippen molar-refractivity contribution < 1.29 is 9.63 Å². The molecular formula is C2H8N4O2S2. The molecule has 0 aromatic rings. The summed E-state index contributed by atoms with van der Waals surface area (Å²) >= 11 is 4.71. The van der Waals surface area contributed by atoms with Gasteiger partial charge in [-0.2, -0.15) is 9.25 Å². The van der Waals surface area contributed by atoms with Crippen LogP contribution in [0.5, 0.6) is 0 Å². The molecular weight excluding hydrogens is 176 g/mol. The number of thiol groups is 1. The highest BCUT2D eigenvalue weighted by Crippen LogP contribution is 2.02. The molecule has 1 amide bonds. The third kappa shape index (κ3) is 3.13. The van der Waals surface area contributed by atoms with Crippen molar-refractivity contribution in [3.63, 3.8) is 0 Å². The average molecular weight is 184 g/mol. The molecule has 0 aliphatic carbocycles. The molecule has 0 aromatic carbocycles. The molecule has 10 heavy (non-hydrogen) atoms. The molecule has 0 aliphatic heterocycles. The summed E-state index contributed by atoms with van der Waals surface area (Å²) in [5, 5.41) is 0. The van der Waals surface area contributed by atoms with E-state index < -0.39 is 6.09 Å². The lowest BCUT2D eigenvalue weighted by molar-refractivity contribution is 0.0727. The van der Waals surface area contributed by atoms with Crippen LogP contribution in [0.1, 0.15) is 0 Å². The maximum atomic E-state index is 10.6. The van der Waals surface area contributed by atoms with Crippen LogP contribution < -0.4 is 16.3 Å². The van der Waals surface area contributed by atoms with Crippen molar-refractivity contribution in [3.8, 4) is 0 Å². The summed E-state index contributed by atoms with van der Waals surface area (Å²) in [6.45, 7) is 0. The molecule has 0 bridgehead atoms. The van der Waals surface area contributed by atoms with E-state index >= 15 is 0 Å². The number of carbonyl (C=O) groups excluding carboxylic acids is 1. The van der Waals surface area contributed by atoms with Crippen LogP contribution in [-0.4, -0.2) is 16.8 Å². The van der Waals surface area contributed by atoms with E-state index in [0.29, 0.717) is 0 Å². The van der Waals surface area contributed by atoms with Gasteiger partial charge in [0.25, 0.3) is 0 Å². The van der Waals surface area contributed by atoms with E-state index in [1.54, 1.807) is 11.8 Å². The fourth-order valence-electron chi connectivity index (χ4n) is 0.248. The van der Waals surface area contributed by atoms with E-state index in [9.17, 15) is 4.79 Å². The minimum absolute atomic E-state index is 0.676. The third-order valence-electron chi connectivity index (χ3n) is 0.585. The van der Waals surface area contributed by atoms with E-state index in [1.807, 2.05) is 0 Å². The van der Waals surface area contributed by atoms with Gasteiger partial charge in [-0.1, -0.05) is 18.4 Å². The fraction of sp³-hybridized carbons (Fsp3) is 0.500. The van der Waals surface area contributed by atoms with E-state index in [0.717, 1.165) is 16.4 Å². The maximum Gasteiger partial charge on any atom is 0.455 e. The summed E-state index contributed by atoms with van der Waals surface area (Å²) in [7, 11) is 0. The smallest absolute Gasteiger partial charge is 0.337 e. The standard InChI is InChI=1S/C2H8N4O2S2/c1-10-6(5-9)2(7)8-4-3/h4-5,9H,3H2,1H3. The molecule has 8 heteroatoms. The number of hydrogen-bond acceptors (Lipinski definition) is 7. The van der Waals surface area contributed by atoms with Gasteiger partial charge in [0.05, 0.1) is 0 Å². The maximum absolute atomic E-state index is 10.6. The number of hydrazine groups is 2. The highest BCUT2D eigenvalue weighted by atomic mass is 32.2. The molecule has 0 aromatic heterocycles. The first kappa shape index (κ1) is 9.85. The van der Waals surface area contributed by atoms with Crippen molar-refractivity contribution in [3.05, 3.63) is 0 Å². The SMILES string of the molecule is CSN(NS)C(=O)ONN. The summed E-state index contributed by atoms with van der Waals surface area (Å²) in [6, 6.07) is 0. The Bertz CT molecular complexity index is 107. The predicted octanol–water partition coefficient (Wildman–Crippen LogP) is -0.569. The van der Waals surface area contributed by atoms with Gasteiger partial charge in [-0.15, -0.1) is 0 Å². The molecule has 60 valence electrons. The highest BCUT2D eigenvalue weighted by Gasteiger charge is 2.11. The lowest BCUT2D eigenvalue weighted by atomic mass is 11.2. The molecule has 0 aliphatic rings. The lowest BCUT2D eigenvalue weighted by Gasteiger charge is -2.14. The Labute approximate surface area is 68.0 Å². The summed E-state index contributed by atoms with van der Waals surface area (Å²) in [5.74, 6) is 4.69. The van der Waals surface area contributed by atoms with Gasteiger partial charge < -0.3 is 4.84 Å². The zero-order valence-electron chi connectivity index (χ0n) is 5.20. The predicted molar refractivity (Wildman–Crippen MR) is 41.3 cm³/mol. The molecule has 0 unspecified atom stereocenters. The van der Waals surface area contributed by atoms with Crippen LogP contribution in [0.25, 0.3) is 0 Å². The molecule has 0 saturated carbocycles. The number of nitrogens with one attached hydrogen (secondary N) is 2. The zero-order chi connectivity index (χ0) is 7.98. The van der Waals surface area contributed by atoms with E-state index in [-0.39, 0.29) is 0 Å². The van der Waals surface area contributed by atoms with Crippen molar-refractivity contribution in [2.24, 2.45) is 5.84 Å². The van der Waals surface area contributed by atoms with Crippen molar-refractivity contribution in [2.45, 2.75) is 0 Å². The number of carbonyl (C=O) groups is 1. The van der Waals surface area contributed by atoms with Crippen molar-refractivity contribution >= 4 is 30.9 Å². The Balaban J connectivity index is 3.65. The van der Waals surface area contributed by atoms with Gasteiger partial charge in [0.15, 0.2) is 0 Å². The van der Waals surface area contributed by atoms with Gasteiger partial charge in [-0.3, -0.25) is 0 Å². The number of hydrogen-bond donors (Lipinski definition) is 4. The molecule has 0 fully saturated rings. The van der Waals surface area contributed by atoms with Crippen molar-refractivity contribution in [2.75, 3.05) is 6.26 Å². The monoisotopic (exact) mass is 184 g/mol. The molecule has 0 atom stereocenters. The Morgan fingerprint density at radius 1 is 1.90 bits per heavy atom. The van der Waals surface area contributed by atoms with Crippen LogP contribution >= 0.6 is 24.8 Å². The van der Waals surface area contributed by atoms with Gasteiger partial charge in [-0.05, 0) is 11.9 Å². The van der Waals surface area contributed by atoms with Gasteiger partial charge >= 0.3 is 6.09 Å². The summed E-state index contributed by atoms with van der Waals surface area (Å²) in [6.07, 6.45) is 0.992. The highest BCUT2D eigenvalue weighted by molar-refractivity contribution is 7.97. The first-order chi connectivity index (χ1) is 4.76. The van der Waals surface area contributed by atoms with Gasteiger partial charge in [0.1, 0.15) is 0 Å². The summed E-state index contributed by atoms with van der Waals surface area (Å²) in [5.41, 5.74) is 1.74. The molecule has 0 saturated heterocycles. The van der Waals surface area contributed by atoms with Crippen LogP contribution in [0.3, 0.4) is 0 Å². The van der Waals surface area contributed by atoms with Crippen LogP contribution in [-0.2, 0) is 4.84 Å². The van der Waals surface area contributed by atoms with E-state index in [1.165, 1.54) is 0 Å². The molecule has 4 N–H and O–H groups in total. The molecule has 0 rings (SSSR count). The summed E-state index contributed by atoms with van der Waals surface area (Å²) < 4.78 is 1.03. The largest absolute Gasteiger partial charge is 0.455 e. The minimum Gasteiger partial charge on any atom is -0.337 e. The van der Waals surface area contributed by atoms with Crippen LogP contribution in [0.15, 0.2) is 0 Å². The van der Waals surface area contributed by atoms with Crippen LogP contribution in [0, 0.1) is 0 Å². The summed E-state index contributed by atoms with van der Waals surface area (Å²) in [4.78, 5) is 17.1. The molecule has 0 spiro atoms. The Kier molecular flexibility index (Phi) is 5.54. The second-order valence-corrected chi connectivity index (χ2v) is 1.99. The Morgan fingerprint density at radius 3 is 2.80 bits per heavy atom. The Hall–Kier alpha value is -0.150. The first-order valence-corrected chi connectivity index (χ1v) is 3.79. The van der Waals surface area contributed by atoms with E-state index in [4.69, 9.17) is 5.84 Å². The Morgan fingerprint density at radius 2 is 2.50 bits per heavy atom. The third-order valence-corrected chi connectivity index (χ3v) is 1.53. The van der Waals surface area contributed by atoms with Crippen molar-refractivity contribution in [1.82, 2.24) is 14.8 Å². The second kappa shape index (κ2) is 5.62. The normalized spacial score (nSPS) is 9.10. The quantitative estimate of drug-likeness (QED) is 0.204. The van der Waals surface area contributed by atoms with Gasteiger partial charge in [-0.25, -0.2) is 10.6 Å². The number of nitrogens with zero attached hydrogens (tertiary/aromatic N) is 1. The number of nitrogens with two attached hydrogens (primary N) is 1. The molecule has 6 nitrogen and oxygen atoms in total. The van der Waals surface area contributed by atoms with Crippen molar-refractivity contribution in [1.29, 1.82) is 0 Å². The topological polar surface area (TPSA) is 79.6 Å². The van der Waals surface area contributed by atoms with Crippen LogP contribution in [0.2, 0.25) is 0 Å². The number of rotatable bonds is 3. The zero-order valence-corrected chi connectivity index (χ0v) is 6.91. The first-order valence-electron chi connectivity index (χ1n) is 2.16. The second-order valence-electron chi connectivity index (χ2n) is 1.06. The van der Waals surface area contributed by atoms with Gasteiger partial charge in [0.2, 0.25) is 0 Å². The van der Waals surface area contributed by atoms with E-state index in [2.05, 4.69) is 22.5 Å². The minimum atomic E-state index is -0.676. The molecule has 0 radical (unpaired) electrons. The fourth-order valence-corrected chi connectivity index (χ4v) is 0.843. The van der Waals surface area contributed by atoms with Gasteiger partial charge in [0, 0.05) is 6.26 Å².